The van der Waals surface area contributed by atoms with Crippen LogP contribution in [0.25, 0.3) is 6.08 Å². The van der Waals surface area contributed by atoms with Crippen molar-refractivity contribution in [2.45, 2.75) is 45.3 Å². The molecular weight excluding hydrogens is 404 g/mol. The van der Waals surface area contributed by atoms with Crippen molar-refractivity contribution in [3.8, 4) is 0 Å². The number of aliphatic hydroxyl groups excluding tert-OH is 1. The first-order valence-electron chi connectivity index (χ1n) is 10.9. The van der Waals surface area contributed by atoms with Gasteiger partial charge < -0.3 is 9.84 Å². The van der Waals surface area contributed by atoms with Gasteiger partial charge in [0.1, 0.15) is 5.44 Å². The van der Waals surface area contributed by atoms with Crippen LogP contribution in [0.2, 0.25) is 0 Å². The number of rotatable bonds is 7. The van der Waals surface area contributed by atoms with Crippen LogP contribution in [-0.4, -0.2) is 23.4 Å². The molecule has 1 heterocycles. The number of ether oxygens (including phenoxy) is 1. The van der Waals surface area contributed by atoms with Gasteiger partial charge in [0.05, 0.1) is 6.61 Å². The molecule has 2 unspecified atom stereocenters. The molecule has 31 heavy (non-hydrogen) atoms. The average Bonchev–Trinajstić information content (AvgIpc) is 2.76. The van der Waals surface area contributed by atoms with Crippen molar-refractivity contribution >= 4 is 22.1 Å². The fourth-order valence-corrected chi connectivity index (χ4v) is 7.74. The molecule has 0 saturated heterocycles. The number of allylic oxidation sites excluding steroid dienone is 1. The Labute approximate surface area is 188 Å². The van der Waals surface area contributed by atoms with Gasteiger partial charge in [0.2, 0.25) is 0 Å². The third-order valence-corrected chi connectivity index (χ3v) is 9.52. The van der Waals surface area contributed by atoms with E-state index in [2.05, 4.69) is 49.6 Å². The van der Waals surface area contributed by atoms with Crippen molar-refractivity contribution in [2.75, 3.05) is 12.4 Å². The molecule has 0 fully saturated rings. The standard InChI is InChI=1S/C27H34O3S/c1-5-30-25(28)21(2)19-22-11-13-24(14-12-22)26(29)31(17-15-27(3,4)16-18-31)20-23-9-7-6-8-10-23/h6-15,17,19,26,29H,5,16,18,20H2,1-4H3. The monoisotopic (exact) mass is 438 g/mol. The van der Waals surface area contributed by atoms with Crippen LogP contribution in [0.3, 0.4) is 0 Å². The van der Waals surface area contributed by atoms with E-state index in [0.717, 1.165) is 29.1 Å². The molecule has 1 N–H and O–H groups in total. The Bertz CT molecular complexity index is 944. The molecule has 3 nitrogen and oxygen atoms in total. The van der Waals surface area contributed by atoms with E-state index in [-0.39, 0.29) is 11.4 Å². The highest BCUT2D eigenvalue weighted by atomic mass is 32.3. The van der Waals surface area contributed by atoms with E-state index in [4.69, 9.17) is 4.74 Å². The maximum absolute atomic E-state index is 11.9. The second-order valence-corrected chi connectivity index (χ2v) is 12.4. The molecule has 166 valence electrons. The van der Waals surface area contributed by atoms with Crippen LogP contribution in [0, 0.1) is 5.41 Å². The molecule has 1 aliphatic rings. The van der Waals surface area contributed by atoms with Crippen LogP contribution in [-0.2, 0) is 15.3 Å². The Hall–Kier alpha value is -2.30. The highest BCUT2D eigenvalue weighted by Gasteiger charge is 2.36. The molecule has 0 aromatic heterocycles. The molecule has 4 heteroatoms. The lowest BCUT2D eigenvalue weighted by Crippen LogP contribution is -2.23. The fourth-order valence-electron chi connectivity index (χ4n) is 3.78. The average molecular weight is 439 g/mol. The topological polar surface area (TPSA) is 46.5 Å². The third-order valence-electron chi connectivity index (χ3n) is 5.84. The molecule has 2 aromatic carbocycles. The summed E-state index contributed by atoms with van der Waals surface area (Å²) < 4.78 is 5.05. The van der Waals surface area contributed by atoms with Gasteiger partial charge >= 0.3 is 5.97 Å². The maximum atomic E-state index is 11.9. The molecule has 0 bridgehead atoms. The first-order chi connectivity index (χ1) is 14.7. The molecule has 0 saturated carbocycles. The van der Waals surface area contributed by atoms with Crippen molar-refractivity contribution in [1.82, 2.24) is 0 Å². The second-order valence-electron chi connectivity index (χ2n) is 8.95. The number of esters is 1. The Balaban J connectivity index is 1.87. The maximum Gasteiger partial charge on any atom is 0.333 e. The Morgan fingerprint density at radius 1 is 1.16 bits per heavy atom. The summed E-state index contributed by atoms with van der Waals surface area (Å²) >= 11 is 0. The molecule has 0 spiro atoms. The zero-order chi connectivity index (χ0) is 22.5. The van der Waals surface area contributed by atoms with Gasteiger partial charge in [-0.05, 0) is 59.6 Å². The van der Waals surface area contributed by atoms with Crippen LogP contribution >= 0.6 is 10.0 Å². The molecular formula is C27H34O3S. The van der Waals surface area contributed by atoms with Crippen molar-refractivity contribution in [2.24, 2.45) is 5.41 Å². The molecule has 2 aromatic rings. The van der Waals surface area contributed by atoms with E-state index >= 15 is 0 Å². The van der Waals surface area contributed by atoms with Crippen molar-refractivity contribution in [3.63, 3.8) is 0 Å². The highest BCUT2D eigenvalue weighted by molar-refractivity contribution is 8.35. The van der Waals surface area contributed by atoms with Crippen LogP contribution < -0.4 is 0 Å². The summed E-state index contributed by atoms with van der Waals surface area (Å²) in [6, 6.07) is 18.4. The summed E-state index contributed by atoms with van der Waals surface area (Å²) in [4.78, 5) is 11.9. The molecule has 2 atom stereocenters. The number of benzene rings is 2. The van der Waals surface area contributed by atoms with Gasteiger partial charge in [-0.3, -0.25) is 0 Å². The largest absolute Gasteiger partial charge is 0.463 e. The Kier molecular flexibility index (Phi) is 7.45. The summed E-state index contributed by atoms with van der Waals surface area (Å²) in [5, 5.41) is 13.9. The van der Waals surface area contributed by atoms with Crippen molar-refractivity contribution in [3.05, 3.63) is 88.3 Å². The minimum atomic E-state index is -1.42. The first-order valence-corrected chi connectivity index (χ1v) is 13.0. The summed E-state index contributed by atoms with van der Waals surface area (Å²) in [5.74, 6) is 1.59. The van der Waals surface area contributed by atoms with Crippen LogP contribution in [0.15, 0.2) is 71.7 Å². The summed E-state index contributed by atoms with van der Waals surface area (Å²) in [6.07, 6.45) is 5.20. The predicted molar refractivity (Wildman–Crippen MR) is 132 cm³/mol. The van der Waals surface area contributed by atoms with Gasteiger partial charge in [0, 0.05) is 11.3 Å². The van der Waals surface area contributed by atoms with Gasteiger partial charge in [-0.25, -0.2) is 4.79 Å². The minimum Gasteiger partial charge on any atom is -0.463 e. The van der Waals surface area contributed by atoms with E-state index in [9.17, 15) is 9.90 Å². The fraction of sp³-hybridized carbons (Fsp3) is 0.370. The van der Waals surface area contributed by atoms with E-state index in [1.165, 1.54) is 5.56 Å². The van der Waals surface area contributed by atoms with Crippen LogP contribution in [0.5, 0.6) is 0 Å². The second kappa shape index (κ2) is 9.88. The number of carbonyl (C=O) groups is 1. The zero-order valence-electron chi connectivity index (χ0n) is 19.0. The molecule has 1 aliphatic heterocycles. The molecule has 0 amide bonds. The number of carbonyl (C=O) groups excluding carboxylic acids is 1. The van der Waals surface area contributed by atoms with Crippen molar-refractivity contribution < 1.29 is 14.6 Å². The SMILES string of the molecule is CCOC(=O)C(C)=Cc1ccc(C(O)S2(Cc3ccccc3)C=CC(C)(C)CC2)cc1. The van der Waals surface area contributed by atoms with E-state index in [0.29, 0.717) is 12.2 Å². The normalized spacial score (nSPS) is 23.6. The lowest BCUT2D eigenvalue weighted by molar-refractivity contribution is -0.138. The first kappa shape index (κ1) is 23.4. The summed E-state index contributed by atoms with van der Waals surface area (Å²) in [5.41, 5.74) is 3.34. The number of hydrogen-bond acceptors (Lipinski definition) is 3. The van der Waals surface area contributed by atoms with Gasteiger partial charge in [-0.1, -0.05) is 74.5 Å². The van der Waals surface area contributed by atoms with Gasteiger partial charge in [0.15, 0.2) is 0 Å². The van der Waals surface area contributed by atoms with E-state index in [1.54, 1.807) is 13.8 Å². The lowest BCUT2D eigenvalue weighted by atomic mass is 9.90. The molecule has 3 rings (SSSR count). The Morgan fingerprint density at radius 2 is 1.84 bits per heavy atom. The van der Waals surface area contributed by atoms with Crippen LogP contribution in [0.1, 0.15) is 56.2 Å². The smallest absolute Gasteiger partial charge is 0.333 e. The van der Waals surface area contributed by atoms with E-state index < -0.39 is 15.5 Å². The Morgan fingerprint density at radius 3 is 2.42 bits per heavy atom. The van der Waals surface area contributed by atoms with Gasteiger partial charge in [-0.15, -0.1) is 0 Å². The quantitative estimate of drug-likeness (QED) is 0.392. The van der Waals surface area contributed by atoms with Gasteiger partial charge in [0.25, 0.3) is 0 Å². The highest BCUT2D eigenvalue weighted by Crippen LogP contribution is 2.66. The summed E-state index contributed by atoms with van der Waals surface area (Å²) in [7, 11) is -1.42. The number of aliphatic hydroxyl groups is 1. The zero-order valence-corrected chi connectivity index (χ0v) is 19.8. The number of hydrogen-bond donors (Lipinski definition) is 1. The van der Waals surface area contributed by atoms with Crippen LogP contribution in [0.4, 0.5) is 0 Å². The minimum absolute atomic E-state index is 0.173. The third kappa shape index (κ3) is 5.90. The lowest BCUT2D eigenvalue weighted by Gasteiger charge is -2.47. The molecule has 0 radical (unpaired) electrons. The molecule has 0 aliphatic carbocycles. The van der Waals surface area contributed by atoms with E-state index in [1.807, 2.05) is 36.4 Å². The van der Waals surface area contributed by atoms with Gasteiger partial charge in [-0.2, -0.15) is 10.0 Å². The predicted octanol–water partition coefficient (Wildman–Crippen LogP) is 6.59. The van der Waals surface area contributed by atoms with Crippen molar-refractivity contribution in [1.29, 1.82) is 0 Å². The summed E-state index contributed by atoms with van der Waals surface area (Å²) in [6.45, 7) is 8.44.